The number of hydrogen-bond acceptors (Lipinski definition) is 2. The van der Waals surface area contributed by atoms with Crippen molar-refractivity contribution in [2.45, 2.75) is 25.8 Å². The maximum absolute atomic E-state index is 5.82. The summed E-state index contributed by atoms with van der Waals surface area (Å²) in [6, 6.07) is 10.2. The Bertz CT molecular complexity index is 503. The first-order valence-corrected chi connectivity index (χ1v) is 6.34. The molecular weight excluding hydrogens is 232 g/mol. The molecule has 1 N–H and O–H groups in total. The van der Waals surface area contributed by atoms with E-state index in [1.807, 2.05) is 30.5 Å². The lowest BCUT2D eigenvalue weighted by Gasteiger charge is -2.27. The van der Waals surface area contributed by atoms with E-state index in [1.165, 1.54) is 0 Å². The third-order valence-corrected chi connectivity index (χ3v) is 3.03. The van der Waals surface area contributed by atoms with Crippen molar-refractivity contribution in [1.82, 2.24) is 4.98 Å². The predicted molar refractivity (Wildman–Crippen MR) is 74.8 cm³/mol. The Morgan fingerprint density at radius 1 is 1.24 bits per heavy atom. The number of halogens is 1. The van der Waals surface area contributed by atoms with Gasteiger partial charge in [0.05, 0.1) is 5.52 Å². The topological polar surface area (TPSA) is 24.9 Å². The van der Waals surface area contributed by atoms with Crippen LogP contribution in [0.1, 0.15) is 20.3 Å². The number of benzene rings is 1. The minimum absolute atomic E-state index is 0.00806. The van der Waals surface area contributed by atoms with Gasteiger partial charge < -0.3 is 5.32 Å². The van der Waals surface area contributed by atoms with Gasteiger partial charge in [0.1, 0.15) is 0 Å². The number of rotatable bonds is 4. The van der Waals surface area contributed by atoms with Crippen molar-refractivity contribution in [3.05, 3.63) is 36.5 Å². The summed E-state index contributed by atoms with van der Waals surface area (Å²) in [6.07, 6.45) is 2.76. The fourth-order valence-corrected chi connectivity index (χ4v) is 2.34. The molecule has 0 aliphatic heterocycles. The van der Waals surface area contributed by atoms with Gasteiger partial charge in [0, 0.05) is 28.7 Å². The van der Waals surface area contributed by atoms with E-state index in [0.29, 0.717) is 5.88 Å². The third kappa shape index (κ3) is 2.89. The maximum Gasteiger partial charge on any atom is 0.0722 e. The summed E-state index contributed by atoms with van der Waals surface area (Å²) in [5, 5.41) is 4.69. The standard InChI is InChI=1S/C14H17ClN2/c1-14(2,8-9-15)17-13-7-10-16-12-6-4-3-5-11(12)13/h3-7,10H,8-9H2,1-2H3,(H,16,17). The smallest absolute Gasteiger partial charge is 0.0722 e. The number of alkyl halides is 1. The molecule has 0 bridgehead atoms. The van der Waals surface area contributed by atoms with Crippen molar-refractivity contribution in [1.29, 1.82) is 0 Å². The molecule has 0 aliphatic carbocycles. The van der Waals surface area contributed by atoms with E-state index in [1.54, 1.807) is 0 Å². The summed E-state index contributed by atoms with van der Waals surface area (Å²) in [5.74, 6) is 0.656. The Kier molecular flexibility index (Phi) is 3.53. The minimum atomic E-state index is -0.00806. The van der Waals surface area contributed by atoms with Crippen molar-refractivity contribution < 1.29 is 0 Å². The van der Waals surface area contributed by atoms with E-state index in [0.717, 1.165) is 23.0 Å². The molecule has 2 nitrogen and oxygen atoms in total. The van der Waals surface area contributed by atoms with Crippen LogP contribution < -0.4 is 5.32 Å². The highest BCUT2D eigenvalue weighted by Crippen LogP contribution is 2.25. The molecule has 0 radical (unpaired) electrons. The molecule has 0 saturated carbocycles. The molecule has 0 aliphatic rings. The molecule has 0 unspecified atom stereocenters. The molecule has 1 aromatic carbocycles. The molecule has 0 fully saturated rings. The summed E-state index contributed by atoms with van der Waals surface area (Å²) in [4.78, 5) is 4.35. The van der Waals surface area contributed by atoms with Crippen LogP contribution in [0.4, 0.5) is 5.69 Å². The lowest BCUT2D eigenvalue weighted by molar-refractivity contribution is 0.551. The van der Waals surface area contributed by atoms with Gasteiger partial charge in [-0.3, -0.25) is 4.98 Å². The monoisotopic (exact) mass is 248 g/mol. The maximum atomic E-state index is 5.82. The third-order valence-electron chi connectivity index (χ3n) is 2.84. The Labute approximate surface area is 107 Å². The minimum Gasteiger partial charge on any atom is -0.380 e. The molecule has 1 aromatic heterocycles. The summed E-state index contributed by atoms with van der Waals surface area (Å²) < 4.78 is 0. The molecule has 0 atom stereocenters. The first kappa shape index (κ1) is 12.2. The summed E-state index contributed by atoms with van der Waals surface area (Å²) in [5.41, 5.74) is 2.12. The molecule has 17 heavy (non-hydrogen) atoms. The van der Waals surface area contributed by atoms with Crippen LogP contribution >= 0.6 is 11.6 Å². The zero-order chi connectivity index (χ0) is 12.3. The second kappa shape index (κ2) is 4.92. The van der Waals surface area contributed by atoms with Gasteiger partial charge in [0.15, 0.2) is 0 Å². The van der Waals surface area contributed by atoms with Crippen molar-refractivity contribution >= 4 is 28.2 Å². The summed E-state index contributed by atoms with van der Waals surface area (Å²) >= 11 is 5.82. The molecule has 3 heteroatoms. The number of hydrogen-bond donors (Lipinski definition) is 1. The predicted octanol–water partition coefficient (Wildman–Crippen LogP) is 4.05. The van der Waals surface area contributed by atoms with E-state index < -0.39 is 0 Å². The molecule has 0 saturated heterocycles. The van der Waals surface area contributed by atoms with Crippen LogP contribution in [0.5, 0.6) is 0 Å². The van der Waals surface area contributed by atoms with Crippen molar-refractivity contribution in [2.75, 3.05) is 11.2 Å². The van der Waals surface area contributed by atoms with Gasteiger partial charge in [-0.25, -0.2) is 0 Å². The average Bonchev–Trinajstić information content (AvgIpc) is 2.29. The fraction of sp³-hybridized carbons (Fsp3) is 0.357. The summed E-state index contributed by atoms with van der Waals surface area (Å²) in [6.45, 7) is 4.31. The van der Waals surface area contributed by atoms with Crippen LogP contribution in [0.25, 0.3) is 10.9 Å². The normalized spacial score (nSPS) is 11.7. The molecule has 0 amide bonds. The van der Waals surface area contributed by atoms with Gasteiger partial charge in [-0.2, -0.15) is 0 Å². The first-order valence-electron chi connectivity index (χ1n) is 5.80. The lowest BCUT2D eigenvalue weighted by atomic mass is 10.0. The van der Waals surface area contributed by atoms with Crippen LogP contribution in [-0.2, 0) is 0 Å². The number of para-hydroxylation sites is 1. The zero-order valence-corrected chi connectivity index (χ0v) is 11.0. The molecule has 0 spiro atoms. The molecule has 1 heterocycles. The van der Waals surface area contributed by atoms with Crippen molar-refractivity contribution in [3.8, 4) is 0 Å². The highest BCUT2D eigenvalue weighted by atomic mass is 35.5. The van der Waals surface area contributed by atoms with Crippen LogP contribution in [-0.4, -0.2) is 16.4 Å². The SMILES string of the molecule is CC(C)(CCCl)Nc1ccnc2ccccc12. The second-order valence-electron chi connectivity index (χ2n) is 4.82. The highest BCUT2D eigenvalue weighted by Gasteiger charge is 2.17. The van der Waals surface area contributed by atoms with Crippen LogP contribution in [0, 0.1) is 0 Å². The Hall–Kier alpha value is -1.28. The number of aromatic nitrogens is 1. The van der Waals surface area contributed by atoms with E-state index in [4.69, 9.17) is 11.6 Å². The molecule has 90 valence electrons. The zero-order valence-electron chi connectivity index (χ0n) is 10.2. The van der Waals surface area contributed by atoms with Crippen LogP contribution in [0.3, 0.4) is 0 Å². The summed E-state index contributed by atoms with van der Waals surface area (Å²) in [7, 11) is 0. The lowest BCUT2D eigenvalue weighted by Crippen LogP contribution is -2.31. The number of anilines is 1. The second-order valence-corrected chi connectivity index (χ2v) is 5.20. The number of pyridine rings is 1. The van der Waals surface area contributed by atoms with E-state index in [-0.39, 0.29) is 5.54 Å². The van der Waals surface area contributed by atoms with Gasteiger partial charge in [-0.15, -0.1) is 11.6 Å². The molecular formula is C14H17ClN2. The Morgan fingerprint density at radius 3 is 2.76 bits per heavy atom. The Morgan fingerprint density at radius 2 is 2.00 bits per heavy atom. The highest BCUT2D eigenvalue weighted by molar-refractivity contribution is 6.17. The van der Waals surface area contributed by atoms with Crippen LogP contribution in [0.15, 0.2) is 36.5 Å². The number of fused-ring (bicyclic) bond motifs is 1. The van der Waals surface area contributed by atoms with E-state index in [2.05, 4.69) is 30.2 Å². The fourth-order valence-electron chi connectivity index (χ4n) is 1.87. The quantitative estimate of drug-likeness (QED) is 0.826. The van der Waals surface area contributed by atoms with Gasteiger partial charge in [-0.1, -0.05) is 18.2 Å². The van der Waals surface area contributed by atoms with Crippen molar-refractivity contribution in [3.63, 3.8) is 0 Å². The number of nitrogens with zero attached hydrogens (tertiary/aromatic N) is 1. The largest absolute Gasteiger partial charge is 0.380 e. The first-order chi connectivity index (χ1) is 8.12. The van der Waals surface area contributed by atoms with Crippen molar-refractivity contribution in [2.24, 2.45) is 0 Å². The van der Waals surface area contributed by atoms with Crippen LogP contribution in [0.2, 0.25) is 0 Å². The van der Waals surface area contributed by atoms with E-state index >= 15 is 0 Å². The van der Waals surface area contributed by atoms with Gasteiger partial charge in [-0.05, 0) is 32.4 Å². The van der Waals surface area contributed by atoms with Gasteiger partial charge in [0.2, 0.25) is 0 Å². The average molecular weight is 249 g/mol. The molecule has 2 rings (SSSR count). The van der Waals surface area contributed by atoms with E-state index in [9.17, 15) is 0 Å². The van der Waals surface area contributed by atoms with Gasteiger partial charge in [0.25, 0.3) is 0 Å². The number of nitrogens with one attached hydrogen (secondary N) is 1. The molecule has 2 aromatic rings. The van der Waals surface area contributed by atoms with Gasteiger partial charge >= 0.3 is 0 Å². The Balaban J connectivity index is 2.36.